The van der Waals surface area contributed by atoms with Crippen molar-refractivity contribution in [1.82, 2.24) is 46.6 Å². The lowest BCUT2D eigenvalue weighted by molar-refractivity contribution is -0.146. The number of nitrogens with zero attached hydrogens (tertiary/aromatic N) is 3. The van der Waals surface area contributed by atoms with Gasteiger partial charge in [0.05, 0.1) is 83.6 Å². The van der Waals surface area contributed by atoms with Crippen LogP contribution in [0.3, 0.4) is 0 Å². The normalized spacial score (nSPS) is 16.0. The number of carbonyl (C=O) groups is 12. The van der Waals surface area contributed by atoms with Gasteiger partial charge in [0.15, 0.2) is 0 Å². The number of carboxylic acids is 1. The Morgan fingerprint density at radius 2 is 1.20 bits per heavy atom. The Kier molecular flexibility index (Phi) is 43.1. The molecule has 31 nitrogen and oxygen atoms in total. The number of likely N-dealkylation sites (tertiary alicyclic amines) is 1. The van der Waals surface area contributed by atoms with Crippen molar-refractivity contribution in [2.75, 3.05) is 92.5 Å². The van der Waals surface area contributed by atoms with Crippen molar-refractivity contribution in [3.8, 4) is 0 Å². The molecular weight excluding hydrogens is 1400 g/mol. The number of likely N-dealkylation sites (N-methyl/N-ethyl adjacent to an activating group) is 2. The molecule has 108 heavy (non-hydrogen) atoms. The van der Waals surface area contributed by atoms with Crippen molar-refractivity contribution >= 4 is 76.8 Å². The van der Waals surface area contributed by atoms with Gasteiger partial charge in [-0.05, 0) is 92.4 Å². The van der Waals surface area contributed by atoms with Gasteiger partial charge in [0.25, 0.3) is 0 Å². The number of nitrogens with two attached hydrogens (primary N) is 1. The van der Waals surface area contributed by atoms with Crippen molar-refractivity contribution in [3.05, 3.63) is 65.7 Å². The summed E-state index contributed by atoms with van der Waals surface area (Å²) in [5.74, 6) is -7.64. The highest BCUT2D eigenvalue weighted by Crippen LogP contribution is 2.29. The van der Waals surface area contributed by atoms with Crippen LogP contribution >= 0.6 is 0 Å². The molecule has 1 saturated heterocycles. The first kappa shape index (κ1) is 93.8. The molecule has 0 aromatic heterocycles. The fraction of sp³-hybridized carbons (Fsp3) is 0.688. The predicted octanol–water partition coefficient (Wildman–Crippen LogP) is 5.39. The van der Waals surface area contributed by atoms with E-state index in [9.17, 15) is 67.7 Å². The molecule has 0 radical (unpaired) electrons. The summed E-state index contributed by atoms with van der Waals surface area (Å²) in [7, 11) is 4.55. The SMILES string of the molecule is CC[C@H](C)[C@@H]([C@@H](CC(=O)N1CCC[C@H]1C[C@@H](C)C(=O)N[C@H](C)[C@@H](O)c1ccccc1)OC)N(C)C(=O)[C@@H](NC(=O)[C@H](C(C)C)N(C)C(=O)OCc1ccc(NC(=O)[C@H](CCCNC(N)=O)NC(=O)[C@@H](NC(=O)[C@H](CCC(=O)O)NC(=O)CCOCCOCCOCCOCCC(=O)C(C)C)C(C)C)cc1)C(C)C. The third-order valence-corrected chi connectivity index (χ3v) is 19.1. The van der Waals surface area contributed by atoms with Gasteiger partial charge in [-0.25, -0.2) is 9.59 Å². The third kappa shape index (κ3) is 33.2. The number of methoxy groups -OCH3 is 1. The summed E-state index contributed by atoms with van der Waals surface area (Å²) in [4.78, 5) is 165. The van der Waals surface area contributed by atoms with Crippen molar-refractivity contribution in [3.63, 3.8) is 0 Å². The maximum atomic E-state index is 14.8. The summed E-state index contributed by atoms with van der Waals surface area (Å²) in [6.07, 6.45) is -0.577. The van der Waals surface area contributed by atoms with Gasteiger partial charge < -0.3 is 91.4 Å². The van der Waals surface area contributed by atoms with Crippen LogP contribution in [0, 0.1) is 35.5 Å². The first-order valence-corrected chi connectivity index (χ1v) is 37.8. The number of ether oxygens (including phenoxy) is 6. The molecule has 0 saturated carbocycles. The van der Waals surface area contributed by atoms with E-state index >= 15 is 0 Å². The van der Waals surface area contributed by atoms with Gasteiger partial charge >= 0.3 is 18.1 Å². The Labute approximate surface area is 637 Å². The van der Waals surface area contributed by atoms with Crippen molar-refractivity contribution in [2.45, 2.75) is 221 Å². The van der Waals surface area contributed by atoms with Crippen LogP contribution in [0.2, 0.25) is 0 Å². The molecule has 1 fully saturated rings. The van der Waals surface area contributed by atoms with Crippen LogP contribution in [0.1, 0.15) is 171 Å². The lowest BCUT2D eigenvalue weighted by atomic mass is 9.89. The van der Waals surface area contributed by atoms with Gasteiger partial charge in [-0.15, -0.1) is 0 Å². The van der Waals surface area contributed by atoms with Crippen molar-refractivity contribution in [1.29, 1.82) is 0 Å². The zero-order valence-corrected chi connectivity index (χ0v) is 66.2. The zero-order valence-electron chi connectivity index (χ0n) is 66.2. The molecule has 1 aliphatic heterocycles. The molecular formula is C77H125N11O20. The first-order valence-electron chi connectivity index (χ1n) is 37.8. The molecule has 11 amide bonds. The van der Waals surface area contributed by atoms with Gasteiger partial charge in [-0.3, -0.25) is 52.8 Å². The number of hydrogen-bond acceptors (Lipinski definition) is 19. The molecule has 31 heteroatoms. The van der Waals surface area contributed by atoms with Crippen LogP contribution in [-0.4, -0.2) is 238 Å². The standard InChI is InChI=1S/C77H125N11O20/c1-16-51(10)68(61(103-15)45-63(91)88-35-21-24-57(88)44-52(11)70(95)80-53(12)69(94)55-22-18-17-19-23-55)86(13)75(100)66(49(6)7)85-74(99)67(50(8)9)87(14)77(102)108-46-54-26-28-56(29-27-54)81-71(96)58(25-20-34-79-76(78)101)83-73(98)65(48(4)5)84-72(97)59(30-31-64(92)93)82-62(90)33-37-105-39-41-107-43-42-106-40-38-104-36-32-60(89)47(2)3/h17-19,22-23,26-29,47-53,57-59,61,65-69,94H,16,20-21,24-25,30-46H2,1-15H3,(H,80,95)(H,81,96)(H,82,90)(H,83,98)(H,84,97)(H,85,99)(H,92,93)(H3,78,79,101)/t51-,52+,53+,57-,58-,59-,61+,65-,66-,67-,68-,69+/m0/s1. The predicted molar refractivity (Wildman–Crippen MR) is 404 cm³/mol. The van der Waals surface area contributed by atoms with Gasteiger partial charge in [-0.1, -0.05) is 125 Å². The quantitative estimate of drug-likeness (QED) is 0.0371. The van der Waals surface area contributed by atoms with Crippen molar-refractivity contribution < 1.29 is 96.2 Å². The van der Waals surface area contributed by atoms with Crippen LogP contribution in [0.25, 0.3) is 0 Å². The molecule has 1 aliphatic rings. The topological polar surface area (TPSA) is 421 Å². The number of aliphatic carboxylic acids is 1. The van der Waals surface area contributed by atoms with E-state index in [1.807, 2.05) is 52.8 Å². The van der Waals surface area contributed by atoms with E-state index in [4.69, 9.17) is 34.2 Å². The van der Waals surface area contributed by atoms with Crippen LogP contribution < -0.4 is 43.0 Å². The molecule has 0 unspecified atom stereocenters. The number of carboxylic acid groups (broad SMARTS) is 1. The Hall–Kier alpha value is -8.36. The number of nitrogens with one attached hydrogen (secondary N) is 7. The third-order valence-electron chi connectivity index (χ3n) is 19.1. The fourth-order valence-electron chi connectivity index (χ4n) is 12.5. The minimum atomic E-state index is -1.37. The Morgan fingerprint density at radius 3 is 1.75 bits per heavy atom. The highest BCUT2D eigenvalue weighted by atomic mass is 16.6. The summed E-state index contributed by atoms with van der Waals surface area (Å²) in [5, 5.41) is 39.3. The second-order valence-electron chi connectivity index (χ2n) is 29.1. The summed E-state index contributed by atoms with van der Waals surface area (Å²) < 4.78 is 33.6. The molecule has 11 N–H and O–H groups in total. The highest BCUT2D eigenvalue weighted by molar-refractivity contribution is 5.99. The van der Waals surface area contributed by atoms with E-state index in [1.54, 1.807) is 89.6 Å². The van der Waals surface area contributed by atoms with Gasteiger partial charge in [0.1, 0.15) is 42.6 Å². The van der Waals surface area contributed by atoms with E-state index in [-0.39, 0.29) is 113 Å². The summed E-state index contributed by atoms with van der Waals surface area (Å²) in [6, 6.07) is 7.03. The molecule has 3 rings (SSSR count). The van der Waals surface area contributed by atoms with E-state index in [2.05, 4.69) is 37.2 Å². The van der Waals surface area contributed by atoms with Crippen LogP contribution in [0.15, 0.2) is 54.6 Å². The van der Waals surface area contributed by atoms with Crippen LogP contribution in [0.5, 0.6) is 0 Å². The van der Waals surface area contributed by atoms with Crippen LogP contribution in [0.4, 0.5) is 15.3 Å². The molecule has 0 bridgehead atoms. The monoisotopic (exact) mass is 1520 g/mol. The molecule has 2 aromatic rings. The van der Waals surface area contributed by atoms with E-state index in [1.165, 1.54) is 26.3 Å². The van der Waals surface area contributed by atoms with E-state index in [0.717, 1.165) is 11.3 Å². The average molecular weight is 1520 g/mol. The molecule has 608 valence electrons. The fourth-order valence-corrected chi connectivity index (χ4v) is 12.5. The lowest BCUT2D eigenvalue weighted by Crippen LogP contribution is -2.60. The summed E-state index contributed by atoms with van der Waals surface area (Å²) >= 11 is 0. The van der Waals surface area contributed by atoms with Crippen LogP contribution in [-0.2, 0) is 83.0 Å². The maximum Gasteiger partial charge on any atom is 0.410 e. The first-order chi connectivity index (χ1) is 51.1. The minimum Gasteiger partial charge on any atom is -0.481 e. The van der Waals surface area contributed by atoms with E-state index in [0.29, 0.717) is 69.8 Å². The Bertz CT molecular complexity index is 3140. The molecule has 12 atom stereocenters. The number of benzene rings is 2. The second-order valence-corrected chi connectivity index (χ2v) is 29.1. The number of carbonyl (C=O) groups excluding carboxylic acids is 11. The van der Waals surface area contributed by atoms with Crippen molar-refractivity contribution in [2.24, 2.45) is 41.2 Å². The maximum absolute atomic E-state index is 14.8. The summed E-state index contributed by atoms with van der Waals surface area (Å²) in [6.45, 7) is 23.7. The number of aliphatic hydroxyl groups excluding tert-OH is 1. The number of primary amides is 1. The largest absolute Gasteiger partial charge is 0.481 e. The average Bonchev–Trinajstić information content (AvgIpc) is 1.45. The molecule has 0 aliphatic carbocycles. The molecule has 1 heterocycles. The Balaban J connectivity index is 1.63. The number of rotatable bonds is 52. The number of hydrogen-bond donors (Lipinski definition) is 10. The highest BCUT2D eigenvalue weighted by Gasteiger charge is 2.42. The minimum absolute atomic E-state index is 0.0211. The number of aliphatic hydroxyl groups is 1. The Morgan fingerprint density at radius 1 is 0.630 bits per heavy atom. The lowest BCUT2D eigenvalue weighted by Gasteiger charge is -2.40. The van der Waals surface area contributed by atoms with Gasteiger partial charge in [-0.2, -0.15) is 0 Å². The van der Waals surface area contributed by atoms with Gasteiger partial charge in [0, 0.05) is 77.1 Å². The molecule has 2 aromatic carbocycles. The number of Topliss-reactive ketones (excluding diaryl/α,β-unsaturated/α-hetero) is 1. The number of ketones is 1. The number of anilines is 1. The second kappa shape index (κ2) is 49.6. The summed E-state index contributed by atoms with van der Waals surface area (Å²) in [5.41, 5.74) is 6.71. The van der Waals surface area contributed by atoms with Gasteiger partial charge in [0.2, 0.25) is 47.3 Å². The molecule has 0 spiro atoms. The smallest absolute Gasteiger partial charge is 0.410 e. The zero-order chi connectivity index (χ0) is 80.7. The number of urea groups is 1. The number of amides is 11. The van der Waals surface area contributed by atoms with E-state index < -0.39 is 138 Å².